The first-order valence-electron chi connectivity index (χ1n) is 6.58. The Labute approximate surface area is 115 Å². The lowest BCUT2D eigenvalue weighted by Gasteiger charge is -2.30. The minimum atomic E-state index is -1.38. The third-order valence-electron chi connectivity index (χ3n) is 3.71. The van der Waals surface area contributed by atoms with Crippen molar-refractivity contribution >= 4 is 33.3 Å². The maximum atomic E-state index is 4.71. The first-order valence-corrected chi connectivity index (χ1v) is 13.1. The summed E-state index contributed by atoms with van der Waals surface area (Å²) in [6, 6.07) is 0. The fourth-order valence-corrected chi connectivity index (χ4v) is 18.6. The summed E-state index contributed by atoms with van der Waals surface area (Å²) in [5, 5.41) is 0. The number of rotatable bonds is 1. The average molecular weight is 289 g/mol. The minimum Gasteiger partial charge on any atom is -0.385 e. The molecule has 0 radical (unpaired) electrons. The van der Waals surface area contributed by atoms with E-state index in [0.29, 0.717) is 5.65 Å². The maximum Gasteiger partial charge on any atom is 0.181 e. The number of hydrogen-bond acceptors (Lipinski definition) is 5. The lowest BCUT2D eigenvalue weighted by molar-refractivity contribution is 1.09. The molecule has 0 aromatic carbocycles. The zero-order valence-corrected chi connectivity index (χ0v) is 13.9. The molecule has 0 spiro atoms. The maximum absolute atomic E-state index is 4.71. The molecule has 0 aliphatic carbocycles. The van der Waals surface area contributed by atoms with Gasteiger partial charge in [0.15, 0.2) is 5.65 Å². The molecule has 100 valence electrons. The lowest BCUT2D eigenvalue weighted by atomic mass is 10.5. The van der Waals surface area contributed by atoms with Gasteiger partial charge in [-0.1, -0.05) is 26.2 Å². The fourth-order valence-electron chi connectivity index (χ4n) is 3.25. The smallest absolute Gasteiger partial charge is 0.181 e. The van der Waals surface area contributed by atoms with Crippen molar-refractivity contribution in [2.45, 2.75) is 31.9 Å². The van der Waals surface area contributed by atoms with E-state index in [9.17, 15) is 0 Å². The largest absolute Gasteiger partial charge is 0.385 e. The summed E-state index contributed by atoms with van der Waals surface area (Å²) in [6.45, 7) is 9.81. The standard InChI is InChI=1S/C12H19N5Si2/c1-18(2)8-17(19(3,4)9-18)11-6-14-12-10(16-11)5-13-7-15-12/h5-7H,8-9H2,1-4H3. The molecule has 1 aliphatic heterocycles. The van der Waals surface area contributed by atoms with Crippen LogP contribution in [0, 0.1) is 0 Å². The van der Waals surface area contributed by atoms with Crippen molar-refractivity contribution < 1.29 is 0 Å². The second-order valence-corrected chi connectivity index (χ2v) is 16.9. The third kappa shape index (κ3) is 2.27. The normalized spacial score (nSPS) is 20.9. The Kier molecular flexibility index (Phi) is 2.72. The van der Waals surface area contributed by atoms with Crippen molar-refractivity contribution in [3.63, 3.8) is 0 Å². The van der Waals surface area contributed by atoms with Crippen molar-refractivity contribution in [3.05, 3.63) is 18.7 Å². The van der Waals surface area contributed by atoms with Crippen LogP contribution in [-0.2, 0) is 0 Å². The zero-order chi connectivity index (χ0) is 13.7. The minimum absolute atomic E-state index is 0.675. The molecule has 0 saturated carbocycles. The summed E-state index contributed by atoms with van der Waals surface area (Å²) in [4.78, 5) is 17.3. The quantitative estimate of drug-likeness (QED) is 0.754. The lowest BCUT2D eigenvalue weighted by Crippen LogP contribution is -2.43. The van der Waals surface area contributed by atoms with Gasteiger partial charge in [0.2, 0.25) is 0 Å². The van der Waals surface area contributed by atoms with Crippen molar-refractivity contribution in [2.75, 3.05) is 10.7 Å². The molecule has 1 saturated heterocycles. The van der Waals surface area contributed by atoms with Gasteiger partial charge in [-0.05, 0) is 5.67 Å². The van der Waals surface area contributed by atoms with Crippen LogP contribution in [0.3, 0.4) is 0 Å². The van der Waals surface area contributed by atoms with Crippen LogP contribution in [0.4, 0.5) is 5.82 Å². The van der Waals surface area contributed by atoms with Crippen LogP contribution < -0.4 is 4.57 Å². The molecular formula is C12H19N5Si2. The summed E-state index contributed by atoms with van der Waals surface area (Å²) in [5.74, 6) is 1.01. The summed E-state index contributed by atoms with van der Waals surface area (Å²) in [6.07, 6.45) is 6.33. The van der Waals surface area contributed by atoms with Gasteiger partial charge in [0.25, 0.3) is 0 Å². The van der Waals surface area contributed by atoms with E-state index in [4.69, 9.17) is 4.98 Å². The fraction of sp³-hybridized carbons (Fsp3) is 0.500. The Morgan fingerprint density at radius 3 is 2.58 bits per heavy atom. The molecule has 2 aromatic heterocycles. The number of fused-ring (bicyclic) bond motifs is 1. The highest BCUT2D eigenvalue weighted by atomic mass is 28.4. The Morgan fingerprint density at radius 1 is 1.11 bits per heavy atom. The van der Waals surface area contributed by atoms with Gasteiger partial charge in [-0.15, -0.1) is 0 Å². The van der Waals surface area contributed by atoms with Gasteiger partial charge in [-0.2, -0.15) is 0 Å². The summed E-state index contributed by atoms with van der Waals surface area (Å²) in [7, 11) is -2.48. The van der Waals surface area contributed by atoms with Gasteiger partial charge in [0.05, 0.1) is 20.5 Å². The van der Waals surface area contributed by atoms with E-state index in [-0.39, 0.29) is 0 Å². The number of hydrogen-bond donors (Lipinski definition) is 0. The SMILES string of the molecule is C[Si]1(C)CN(c2cnc3ncncc3n2)[Si](C)(C)C1. The predicted octanol–water partition coefficient (Wildman–Crippen LogP) is 2.23. The molecule has 1 aliphatic rings. The molecule has 0 atom stereocenters. The molecule has 2 aromatic rings. The van der Waals surface area contributed by atoms with Crippen molar-refractivity contribution in [1.82, 2.24) is 19.9 Å². The van der Waals surface area contributed by atoms with Crippen LogP contribution in [0.15, 0.2) is 18.7 Å². The van der Waals surface area contributed by atoms with Gasteiger partial charge < -0.3 is 4.57 Å². The number of nitrogens with zero attached hydrogens (tertiary/aromatic N) is 5. The highest BCUT2D eigenvalue weighted by molar-refractivity contribution is 7.02. The molecule has 0 amide bonds. The van der Waals surface area contributed by atoms with Crippen molar-refractivity contribution in [3.8, 4) is 0 Å². The average Bonchev–Trinajstić information content (AvgIpc) is 2.57. The van der Waals surface area contributed by atoms with E-state index in [1.165, 1.54) is 18.2 Å². The summed E-state index contributed by atoms with van der Waals surface area (Å²) >= 11 is 0. The van der Waals surface area contributed by atoms with Crippen LogP contribution in [0.25, 0.3) is 11.2 Å². The molecule has 0 bridgehead atoms. The van der Waals surface area contributed by atoms with Crippen LogP contribution in [-0.4, -0.2) is 42.4 Å². The van der Waals surface area contributed by atoms with E-state index >= 15 is 0 Å². The van der Waals surface area contributed by atoms with E-state index < -0.39 is 16.3 Å². The molecule has 0 unspecified atom stereocenters. The molecule has 1 fully saturated rings. The molecule has 7 heteroatoms. The van der Waals surface area contributed by atoms with Crippen LogP contribution in [0.2, 0.25) is 31.9 Å². The molecule has 5 nitrogen and oxygen atoms in total. The Bertz CT molecular complexity index is 628. The molecule has 19 heavy (non-hydrogen) atoms. The van der Waals surface area contributed by atoms with E-state index in [0.717, 1.165) is 11.3 Å². The van der Waals surface area contributed by atoms with Crippen molar-refractivity contribution in [1.29, 1.82) is 0 Å². The van der Waals surface area contributed by atoms with Gasteiger partial charge in [0, 0.05) is 6.17 Å². The first kappa shape index (κ1) is 12.7. The molecule has 3 heterocycles. The van der Waals surface area contributed by atoms with Crippen LogP contribution >= 0.6 is 0 Å². The Balaban J connectivity index is 2.05. The molecule has 0 N–H and O–H groups in total. The summed E-state index contributed by atoms with van der Waals surface area (Å²) in [5.41, 5.74) is 2.88. The predicted molar refractivity (Wildman–Crippen MR) is 82.2 cm³/mol. The highest BCUT2D eigenvalue weighted by Gasteiger charge is 2.46. The summed E-state index contributed by atoms with van der Waals surface area (Å²) < 4.78 is 2.54. The third-order valence-corrected chi connectivity index (χ3v) is 14.3. The van der Waals surface area contributed by atoms with Crippen molar-refractivity contribution in [2.24, 2.45) is 0 Å². The second kappa shape index (κ2) is 4.07. The monoisotopic (exact) mass is 289 g/mol. The van der Waals surface area contributed by atoms with E-state index in [1.807, 2.05) is 6.20 Å². The van der Waals surface area contributed by atoms with Gasteiger partial charge >= 0.3 is 0 Å². The van der Waals surface area contributed by atoms with Crippen LogP contribution in [0.1, 0.15) is 0 Å². The van der Waals surface area contributed by atoms with Crippen LogP contribution in [0.5, 0.6) is 0 Å². The highest BCUT2D eigenvalue weighted by Crippen LogP contribution is 2.35. The zero-order valence-electron chi connectivity index (χ0n) is 11.9. The Morgan fingerprint density at radius 2 is 1.89 bits per heavy atom. The van der Waals surface area contributed by atoms with Gasteiger partial charge in [-0.25, -0.2) is 19.9 Å². The molecular weight excluding hydrogens is 270 g/mol. The second-order valence-electron chi connectivity index (χ2n) is 6.70. The number of aromatic nitrogens is 4. The van der Waals surface area contributed by atoms with E-state index in [2.05, 4.69) is 45.7 Å². The number of anilines is 1. The topological polar surface area (TPSA) is 54.8 Å². The molecule has 3 rings (SSSR count). The van der Waals surface area contributed by atoms with Gasteiger partial charge in [-0.3, -0.25) is 0 Å². The van der Waals surface area contributed by atoms with E-state index in [1.54, 1.807) is 6.20 Å². The van der Waals surface area contributed by atoms with Gasteiger partial charge in [0.1, 0.15) is 25.9 Å². The first-order chi connectivity index (χ1) is 8.87. The Hall–Kier alpha value is -1.35.